The molecule has 4 N–H and O–H groups in total. The minimum absolute atomic E-state index is 0.0328. The Morgan fingerprint density at radius 2 is 2.21 bits per heavy atom. The van der Waals surface area contributed by atoms with E-state index in [1.165, 1.54) is 0 Å². The molecule has 0 bridgehead atoms. The molecule has 1 aromatic heterocycles. The first-order valence-corrected chi connectivity index (χ1v) is 4.44. The quantitative estimate of drug-likeness (QED) is 0.410. The molecule has 1 aromatic rings. The summed E-state index contributed by atoms with van der Waals surface area (Å²) in [6.07, 6.45) is -1.72. The van der Waals surface area contributed by atoms with Crippen molar-refractivity contribution in [2.45, 2.75) is 12.2 Å². The predicted octanol–water partition coefficient (Wildman–Crippen LogP) is -1.20. The summed E-state index contributed by atoms with van der Waals surface area (Å²) in [6, 6.07) is 0. The second kappa shape index (κ2) is 4.45. The van der Waals surface area contributed by atoms with Gasteiger partial charge in [0.15, 0.2) is 0 Å². The zero-order chi connectivity index (χ0) is 10.7. The molecule has 0 amide bonds. The SMILES string of the molecule is O=c1[nH]cnc(O)c1C(O)C(O)CS. The molecule has 2 atom stereocenters. The van der Waals surface area contributed by atoms with E-state index in [0.717, 1.165) is 6.33 Å². The van der Waals surface area contributed by atoms with E-state index in [1.807, 2.05) is 0 Å². The summed E-state index contributed by atoms with van der Waals surface area (Å²) in [5, 5.41) is 27.8. The van der Waals surface area contributed by atoms with Gasteiger partial charge in [0.05, 0.1) is 12.4 Å². The number of aromatic hydroxyl groups is 1. The Morgan fingerprint density at radius 3 is 2.71 bits per heavy atom. The van der Waals surface area contributed by atoms with E-state index in [4.69, 9.17) is 0 Å². The Morgan fingerprint density at radius 1 is 1.57 bits per heavy atom. The van der Waals surface area contributed by atoms with Crippen molar-refractivity contribution in [3.63, 3.8) is 0 Å². The molecule has 0 aliphatic rings. The van der Waals surface area contributed by atoms with Gasteiger partial charge in [-0.15, -0.1) is 0 Å². The maximum atomic E-state index is 11.2. The Labute approximate surface area is 84.7 Å². The smallest absolute Gasteiger partial charge is 0.260 e. The van der Waals surface area contributed by atoms with Gasteiger partial charge in [-0.3, -0.25) is 4.79 Å². The van der Waals surface area contributed by atoms with Crippen molar-refractivity contribution in [2.75, 3.05) is 5.75 Å². The van der Waals surface area contributed by atoms with Gasteiger partial charge in [0.25, 0.3) is 5.56 Å². The first-order valence-electron chi connectivity index (χ1n) is 3.81. The van der Waals surface area contributed by atoms with Crippen LogP contribution in [0.3, 0.4) is 0 Å². The largest absolute Gasteiger partial charge is 0.493 e. The van der Waals surface area contributed by atoms with E-state index >= 15 is 0 Å². The van der Waals surface area contributed by atoms with E-state index in [2.05, 4.69) is 22.6 Å². The van der Waals surface area contributed by atoms with Gasteiger partial charge >= 0.3 is 0 Å². The molecule has 0 aromatic carbocycles. The summed E-state index contributed by atoms with van der Waals surface area (Å²) >= 11 is 3.75. The summed E-state index contributed by atoms with van der Waals surface area (Å²) < 4.78 is 0. The Hall–Kier alpha value is -1.05. The van der Waals surface area contributed by atoms with Crippen molar-refractivity contribution in [1.82, 2.24) is 9.97 Å². The van der Waals surface area contributed by atoms with Crippen LogP contribution in [0.5, 0.6) is 5.88 Å². The fraction of sp³-hybridized carbons (Fsp3) is 0.429. The lowest BCUT2D eigenvalue weighted by Gasteiger charge is -2.15. The van der Waals surface area contributed by atoms with Crippen molar-refractivity contribution < 1.29 is 15.3 Å². The van der Waals surface area contributed by atoms with Crippen LogP contribution in [0.15, 0.2) is 11.1 Å². The van der Waals surface area contributed by atoms with Crippen LogP contribution in [-0.2, 0) is 0 Å². The third-order valence-corrected chi connectivity index (χ3v) is 2.09. The maximum Gasteiger partial charge on any atom is 0.260 e. The number of aromatic nitrogens is 2. The molecular weight excluding hydrogens is 208 g/mol. The van der Waals surface area contributed by atoms with Crippen LogP contribution >= 0.6 is 12.6 Å². The summed E-state index contributed by atoms with van der Waals surface area (Å²) in [7, 11) is 0. The van der Waals surface area contributed by atoms with Crippen molar-refractivity contribution in [3.05, 3.63) is 22.2 Å². The summed E-state index contributed by atoms with van der Waals surface area (Å²) in [4.78, 5) is 16.7. The lowest BCUT2D eigenvalue weighted by molar-refractivity contribution is 0.0309. The van der Waals surface area contributed by atoms with Gasteiger partial charge in [-0.2, -0.15) is 12.6 Å². The Bertz CT molecular complexity index is 367. The molecular formula is C7H10N2O4S. The molecule has 2 unspecified atom stereocenters. The summed E-state index contributed by atoms with van der Waals surface area (Å²) in [6.45, 7) is 0. The number of hydrogen-bond donors (Lipinski definition) is 5. The molecule has 0 aliphatic carbocycles. The van der Waals surface area contributed by atoms with Gasteiger partial charge in [0.1, 0.15) is 11.7 Å². The standard InChI is InChI=1S/C7H10N2O4S/c10-3(1-14)5(11)4-6(12)8-2-9-7(4)13/h2-3,5,10-11,14H,1H2,(H2,8,9,12,13). The molecule has 78 valence electrons. The highest BCUT2D eigenvalue weighted by atomic mass is 32.1. The van der Waals surface area contributed by atoms with Crippen LogP contribution in [0, 0.1) is 0 Å². The summed E-state index contributed by atoms with van der Waals surface area (Å²) in [5.41, 5.74) is -1.04. The average molecular weight is 218 g/mol. The van der Waals surface area contributed by atoms with Crippen molar-refractivity contribution >= 4 is 12.6 Å². The van der Waals surface area contributed by atoms with Crippen LogP contribution < -0.4 is 5.56 Å². The third kappa shape index (κ3) is 2.06. The van der Waals surface area contributed by atoms with Gasteiger partial charge in [-0.25, -0.2) is 4.98 Å². The minimum atomic E-state index is -1.50. The molecule has 0 saturated carbocycles. The first kappa shape index (κ1) is 11.0. The average Bonchev–Trinajstić information content (AvgIpc) is 2.16. The number of aliphatic hydroxyl groups is 2. The van der Waals surface area contributed by atoms with Crippen LogP contribution in [0.2, 0.25) is 0 Å². The van der Waals surface area contributed by atoms with Crippen LogP contribution in [-0.4, -0.2) is 37.1 Å². The normalized spacial score (nSPS) is 15.1. The first-order chi connectivity index (χ1) is 6.57. The lowest BCUT2D eigenvalue weighted by Crippen LogP contribution is -2.26. The minimum Gasteiger partial charge on any atom is -0.493 e. The number of hydrogen-bond acceptors (Lipinski definition) is 6. The highest BCUT2D eigenvalue weighted by Gasteiger charge is 2.23. The van der Waals surface area contributed by atoms with E-state index in [0.29, 0.717) is 0 Å². The number of aliphatic hydroxyl groups excluding tert-OH is 2. The summed E-state index contributed by atoms with van der Waals surface area (Å²) in [5.74, 6) is -0.628. The number of thiol groups is 1. The molecule has 0 spiro atoms. The molecule has 0 radical (unpaired) electrons. The highest BCUT2D eigenvalue weighted by molar-refractivity contribution is 7.80. The van der Waals surface area contributed by atoms with Crippen LogP contribution in [0.25, 0.3) is 0 Å². The molecule has 14 heavy (non-hydrogen) atoms. The fourth-order valence-electron chi connectivity index (χ4n) is 0.960. The Balaban J connectivity index is 3.12. The van der Waals surface area contributed by atoms with E-state index in [1.54, 1.807) is 0 Å². The zero-order valence-corrected chi connectivity index (χ0v) is 7.98. The van der Waals surface area contributed by atoms with Gasteiger partial charge < -0.3 is 20.3 Å². The van der Waals surface area contributed by atoms with Crippen LogP contribution in [0.1, 0.15) is 11.7 Å². The number of nitrogens with one attached hydrogen (secondary N) is 1. The number of aromatic amines is 1. The molecule has 6 nitrogen and oxygen atoms in total. The number of nitrogens with zero attached hydrogens (tertiary/aromatic N) is 1. The lowest BCUT2D eigenvalue weighted by atomic mass is 10.1. The van der Waals surface area contributed by atoms with Gasteiger partial charge in [0.2, 0.25) is 5.88 Å². The van der Waals surface area contributed by atoms with Gasteiger partial charge in [0, 0.05) is 5.75 Å². The van der Waals surface area contributed by atoms with E-state index in [9.17, 15) is 20.1 Å². The van der Waals surface area contributed by atoms with E-state index in [-0.39, 0.29) is 11.3 Å². The molecule has 0 aliphatic heterocycles. The number of H-pyrrole nitrogens is 1. The topological polar surface area (TPSA) is 106 Å². The molecule has 1 rings (SSSR count). The molecule has 0 saturated heterocycles. The molecule has 1 heterocycles. The van der Waals surface area contributed by atoms with Gasteiger partial charge in [-0.05, 0) is 0 Å². The Kier molecular flexibility index (Phi) is 3.50. The monoisotopic (exact) mass is 218 g/mol. The second-order valence-electron chi connectivity index (χ2n) is 2.66. The number of rotatable bonds is 3. The van der Waals surface area contributed by atoms with Crippen LogP contribution in [0.4, 0.5) is 0 Å². The highest BCUT2D eigenvalue weighted by Crippen LogP contribution is 2.20. The predicted molar refractivity (Wildman–Crippen MR) is 51.3 cm³/mol. The van der Waals surface area contributed by atoms with Crippen molar-refractivity contribution in [2.24, 2.45) is 0 Å². The fourth-order valence-corrected chi connectivity index (χ4v) is 1.16. The second-order valence-corrected chi connectivity index (χ2v) is 3.03. The third-order valence-electron chi connectivity index (χ3n) is 1.72. The van der Waals surface area contributed by atoms with Crippen molar-refractivity contribution in [3.8, 4) is 5.88 Å². The van der Waals surface area contributed by atoms with E-state index < -0.39 is 23.6 Å². The van der Waals surface area contributed by atoms with Crippen molar-refractivity contribution in [1.29, 1.82) is 0 Å². The zero-order valence-electron chi connectivity index (χ0n) is 7.08. The van der Waals surface area contributed by atoms with Gasteiger partial charge in [-0.1, -0.05) is 0 Å². The molecule has 0 fully saturated rings. The molecule has 7 heteroatoms. The maximum absolute atomic E-state index is 11.2.